The molecule has 0 aliphatic carbocycles. The van der Waals surface area contributed by atoms with E-state index in [0.717, 1.165) is 5.56 Å². The van der Waals surface area contributed by atoms with Gasteiger partial charge >= 0.3 is 0 Å². The first-order valence-electron chi connectivity index (χ1n) is 7.05. The summed E-state index contributed by atoms with van der Waals surface area (Å²) in [6, 6.07) is 9.77. The number of rotatable bonds is 6. The molecule has 0 fully saturated rings. The van der Waals surface area contributed by atoms with Crippen LogP contribution >= 0.6 is 11.6 Å². The van der Waals surface area contributed by atoms with Crippen LogP contribution in [0.2, 0.25) is 5.02 Å². The second-order valence-corrected chi connectivity index (χ2v) is 5.35. The summed E-state index contributed by atoms with van der Waals surface area (Å²) in [7, 11) is 0. The van der Waals surface area contributed by atoms with Crippen molar-refractivity contribution in [1.29, 1.82) is 0 Å². The molecule has 0 radical (unpaired) electrons. The number of nitrogens with zero attached hydrogens (tertiary/aromatic N) is 2. The van der Waals surface area contributed by atoms with E-state index in [4.69, 9.17) is 11.6 Å². The molecule has 1 aromatic carbocycles. The first kappa shape index (κ1) is 16.4. The van der Waals surface area contributed by atoms with Crippen LogP contribution in [-0.4, -0.2) is 34.1 Å². The predicted molar refractivity (Wildman–Crippen MR) is 85.0 cm³/mol. The molecule has 6 heteroatoms. The number of aliphatic hydroxyl groups excluding tert-OH is 1. The maximum Gasteiger partial charge on any atom is 0.271 e. The van der Waals surface area contributed by atoms with Crippen LogP contribution in [-0.2, 0) is 0 Å². The van der Waals surface area contributed by atoms with Gasteiger partial charge in [-0.25, -0.2) is 9.97 Å². The molecule has 0 bridgehead atoms. The summed E-state index contributed by atoms with van der Waals surface area (Å²) >= 11 is 5.96. The highest BCUT2D eigenvalue weighted by Crippen LogP contribution is 2.19. The van der Waals surface area contributed by atoms with Crippen LogP contribution in [0.25, 0.3) is 0 Å². The maximum atomic E-state index is 12.2. The third-order valence-electron chi connectivity index (χ3n) is 3.34. The molecule has 1 amide bonds. The van der Waals surface area contributed by atoms with Crippen molar-refractivity contribution in [3.63, 3.8) is 0 Å². The largest absolute Gasteiger partial charge is 0.396 e. The van der Waals surface area contributed by atoms with E-state index in [1.807, 2.05) is 30.3 Å². The Kier molecular flexibility index (Phi) is 5.86. The highest BCUT2D eigenvalue weighted by molar-refractivity contribution is 6.33. The lowest BCUT2D eigenvalue weighted by molar-refractivity contribution is 0.0944. The van der Waals surface area contributed by atoms with Gasteiger partial charge in [0, 0.05) is 19.1 Å². The summed E-state index contributed by atoms with van der Waals surface area (Å²) in [5.41, 5.74) is 1.24. The number of aliphatic hydroxyl groups is 1. The van der Waals surface area contributed by atoms with Gasteiger partial charge < -0.3 is 10.4 Å². The Morgan fingerprint density at radius 2 is 2.09 bits per heavy atom. The lowest BCUT2D eigenvalue weighted by atomic mass is 9.96. The quantitative estimate of drug-likeness (QED) is 0.857. The molecule has 0 saturated heterocycles. The number of aryl methyl sites for hydroxylation is 1. The van der Waals surface area contributed by atoms with Gasteiger partial charge in [-0.1, -0.05) is 41.9 Å². The summed E-state index contributed by atoms with van der Waals surface area (Å²) in [6.07, 6.45) is 1.99. The van der Waals surface area contributed by atoms with E-state index in [-0.39, 0.29) is 29.1 Å². The minimum absolute atomic E-state index is 0.0388. The second-order valence-electron chi connectivity index (χ2n) is 4.94. The Balaban J connectivity index is 2.06. The zero-order chi connectivity index (χ0) is 15.9. The maximum absolute atomic E-state index is 12.2. The molecule has 22 heavy (non-hydrogen) atoms. The molecular weight excluding hydrogens is 302 g/mol. The summed E-state index contributed by atoms with van der Waals surface area (Å²) in [4.78, 5) is 20.2. The Morgan fingerprint density at radius 1 is 1.36 bits per heavy atom. The van der Waals surface area contributed by atoms with Crippen LogP contribution in [0.4, 0.5) is 0 Å². The molecule has 1 atom stereocenters. The average Bonchev–Trinajstić information content (AvgIpc) is 2.54. The molecule has 0 aliphatic heterocycles. The fourth-order valence-corrected chi connectivity index (χ4v) is 2.36. The van der Waals surface area contributed by atoms with Gasteiger partial charge in [-0.15, -0.1) is 0 Å². The number of amides is 1. The Bertz CT molecular complexity index is 635. The molecule has 0 spiro atoms. The minimum atomic E-state index is -0.339. The molecule has 1 aromatic heterocycles. The van der Waals surface area contributed by atoms with Crippen LogP contribution in [0.15, 0.2) is 36.5 Å². The number of hydrogen-bond donors (Lipinski definition) is 2. The molecule has 0 saturated carbocycles. The second kappa shape index (κ2) is 7.87. The fourth-order valence-electron chi connectivity index (χ4n) is 2.18. The highest BCUT2D eigenvalue weighted by atomic mass is 35.5. The number of aromatic nitrogens is 2. The van der Waals surface area contributed by atoms with Crippen LogP contribution in [0, 0.1) is 6.92 Å². The van der Waals surface area contributed by atoms with Crippen LogP contribution in [0.1, 0.15) is 34.2 Å². The van der Waals surface area contributed by atoms with Crippen molar-refractivity contribution in [3.8, 4) is 0 Å². The van der Waals surface area contributed by atoms with Crippen molar-refractivity contribution in [2.75, 3.05) is 13.2 Å². The van der Waals surface area contributed by atoms with Crippen molar-refractivity contribution in [1.82, 2.24) is 15.3 Å². The van der Waals surface area contributed by atoms with E-state index >= 15 is 0 Å². The first-order valence-corrected chi connectivity index (χ1v) is 7.42. The average molecular weight is 320 g/mol. The SMILES string of the molecule is Cc1ncc(Cl)c(C(=O)NCC(CCO)c2ccccc2)n1. The lowest BCUT2D eigenvalue weighted by Gasteiger charge is -2.17. The van der Waals surface area contributed by atoms with Crippen molar-refractivity contribution in [2.24, 2.45) is 0 Å². The molecular formula is C16H18ClN3O2. The monoisotopic (exact) mass is 319 g/mol. The van der Waals surface area contributed by atoms with Gasteiger partial charge in [0.05, 0.1) is 11.2 Å². The molecule has 0 aliphatic rings. The Morgan fingerprint density at radius 3 is 2.77 bits per heavy atom. The predicted octanol–water partition coefficient (Wildman–Crippen LogP) is 2.33. The molecule has 2 rings (SSSR count). The summed E-state index contributed by atoms with van der Waals surface area (Å²) in [5.74, 6) is 0.191. The third-order valence-corrected chi connectivity index (χ3v) is 3.61. The molecule has 2 N–H and O–H groups in total. The molecule has 5 nitrogen and oxygen atoms in total. The zero-order valence-electron chi connectivity index (χ0n) is 12.3. The van der Waals surface area contributed by atoms with E-state index in [2.05, 4.69) is 15.3 Å². The molecule has 1 heterocycles. The van der Waals surface area contributed by atoms with Gasteiger partial charge in [0.25, 0.3) is 5.91 Å². The van der Waals surface area contributed by atoms with Crippen molar-refractivity contribution < 1.29 is 9.90 Å². The van der Waals surface area contributed by atoms with Crippen molar-refractivity contribution in [3.05, 3.63) is 58.6 Å². The van der Waals surface area contributed by atoms with Crippen molar-refractivity contribution >= 4 is 17.5 Å². The zero-order valence-corrected chi connectivity index (χ0v) is 13.0. The summed E-state index contributed by atoms with van der Waals surface area (Å²) in [5, 5.41) is 12.3. The first-order chi connectivity index (χ1) is 10.6. The van der Waals surface area contributed by atoms with Crippen LogP contribution < -0.4 is 5.32 Å². The number of carbonyl (C=O) groups excluding carboxylic acids is 1. The van der Waals surface area contributed by atoms with E-state index in [1.165, 1.54) is 6.20 Å². The van der Waals surface area contributed by atoms with E-state index in [1.54, 1.807) is 6.92 Å². The number of benzene rings is 1. The van der Waals surface area contributed by atoms with E-state index in [9.17, 15) is 9.90 Å². The standard InChI is InChI=1S/C16H18ClN3O2/c1-11-18-10-14(17)15(20-11)16(22)19-9-13(7-8-21)12-5-3-2-4-6-12/h2-6,10,13,21H,7-9H2,1H3,(H,19,22). The third kappa shape index (κ3) is 4.26. The highest BCUT2D eigenvalue weighted by Gasteiger charge is 2.16. The summed E-state index contributed by atoms with van der Waals surface area (Å²) < 4.78 is 0. The van der Waals surface area contributed by atoms with Crippen molar-refractivity contribution in [2.45, 2.75) is 19.3 Å². The van der Waals surface area contributed by atoms with Gasteiger partial charge in [-0.2, -0.15) is 0 Å². The van der Waals surface area contributed by atoms with Gasteiger partial charge in [-0.05, 0) is 18.9 Å². The van der Waals surface area contributed by atoms with E-state index in [0.29, 0.717) is 18.8 Å². The molecule has 2 aromatic rings. The van der Waals surface area contributed by atoms with Gasteiger partial charge in [-0.3, -0.25) is 4.79 Å². The number of hydrogen-bond acceptors (Lipinski definition) is 4. The van der Waals surface area contributed by atoms with Crippen LogP contribution in [0.3, 0.4) is 0 Å². The fraction of sp³-hybridized carbons (Fsp3) is 0.312. The van der Waals surface area contributed by atoms with E-state index < -0.39 is 0 Å². The number of nitrogens with one attached hydrogen (secondary N) is 1. The lowest BCUT2D eigenvalue weighted by Crippen LogP contribution is -2.30. The van der Waals surface area contributed by atoms with Gasteiger partial charge in [0.15, 0.2) is 0 Å². The smallest absolute Gasteiger partial charge is 0.271 e. The van der Waals surface area contributed by atoms with Gasteiger partial charge in [0.1, 0.15) is 11.5 Å². The summed E-state index contributed by atoms with van der Waals surface area (Å²) in [6.45, 7) is 2.16. The minimum Gasteiger partial charge on any atom is -0.396 e. The molecule has 116 valence electrons. The number of carbonyl (C=O) groups is 1. The molecule has 1 unspecified atom stereocenters. The number of halogens is 1. The van der Waals surface area contributed by atoms with Gasteiger partial charge in [0.2, 0.25) is 0 Å². The Hall–Kier alpha value is -1.98. The topological polar surface area (TPSA) is 75.1 Å². The Labute approximate surface area is 134 Å². The normalized spacial score (nSPS) is 12.0. The van der Waals surface area contributed by atoms with Crippen LogP contribution in [0.5, 0.6) is 0 Å².